The number of pyridine rings is 1. The van der Waals surface area contributed by atoms with Crippen molar-refractivity contribution >= 4 is 23.2 Å². The zero-order valence-corrected chi connectivity index (χ0v) is 7.78. The first kappa shape index (κ1) is 8.82. The van der Waals surface area contributed by atoms with Crippen LogP contribution in [0.15, 0.2) is 12.3 Å². The van der Waals surface area contributed by atoms with Crippen molar-refractivity contribution in [1.29, 1.82) is 0 Å². The maximum absolute atomic E-state index is 5.70. The molecule has 0 amide bonds. The van der Waals surface area contributed by atoms with E-state index in [1.165, 1.54) is 0 Å². The smallest absolute Gasteiger partial charge is 0.0492 e. The summed E-state index contributed by atoms with van der Waals surface area (Å²) in [6.45, 7) is 1.94. The third-order valence-electron chi connectivity index (χ3n) is 1.51. The Hall–Kier alpha value is -0.270. The highest BCUT2D eigenvalue weighted by Gasteiger charge is 2.00. The van der Waals surface area contributed by atoms with E-state index in [2.05, 4.69) is 4.98 Å². The Kier molecular flexibility index (Phi) is 3.16. The molecule has 0 saturated heterocycles. The van der Waals surface area contributed by atoms with Gasteiger partial charge in [0.1, 0.15) is 0 Å². The van der Waals surface area contributed by atoms with E-state index in [9.17, 15) is 0 Å². The van der Waals surface area contributed by atoms with Crippen LogP contribution < -0.4 is 0 Å². The monoisotopic (exact) mass is 189 g/mol. The first-order chi connectivity index (χ1) is 5.27. The fourth-order valence-electron chi connectivity index (χ4n) is 0.889. The first-order valence-corrected chi connectivity index (χ1v) is 4.41. The molecular weight excluding hydrogens is 181 g/mol. The highest BCUT2D eigenvalue weighted by atomic mass is 35.5. The van der Waals surface area contributed by atoms with Crippen LogP contribution in [0.1, 0.15) is 16.8 Å². The van der Waals surface area contributed by atoms with Crippen LogP contribution in [0.25, 0.3) is 0 Å². The molecule has 3 heteroatoms. The third-order valence-corrected chi connectivity index (χ3v) is 2.08. The van der Waals surface area contributed by atoms with Gasteiger partial charge in [0.05, 0.1) is 0 Å². The topological polar surface area (TPSA) is 12.9 Å². The van der Waals surface area contributed by atoms with Gasteiger partial charge in [-0.15, -0.1) is 23.2 Å². The zero-order valence-electron chi connectivity index (χ0n) is 6.27. The van der Waals surface area contributed by atoms with Crippen molar-refractivity contribution in [3.05, 3.63) is 29.1 Å². The molecule has 0 spiro atoms. The van der Waals surface area contributed by atoms with Crippen molar-refractivity contribution < 1.29 is 0 Å². The maximum atomic E-state index is 5.70. The average Bonchev–Trinajstić information content (AvgIpc) is 2.04. The van der Waals surface area contributed by atoms with Crippen molar-refractivity contribution in [2.24, 2.45) is 0 Å². The van der Waals surface area contributed by atoms with E-state index in [1.807, 2.05) is 13.0 Å². The molecule has 0 bridgehead atoms. The molecule has 0 saturated carbocycles. The lowest BCUT2D eigenvalue weighted by Gasteiger charge is -2.02. The summed E-state index contributed by atoms with van der Waals surface area (Å²) in [7, 11) is 0. The fraction of sp³-hybridized carbons (Fsp3) is 0.375. The highest BCUT2D eigenvalue weighted by Crippen LogP contribution is 2.13. The van der Waals surface area contributed by atoms with Crippen LogP contribution in [-0.4, -0.2) is 4.98 Å². The molecule has 11 heavy (non-hydrogen) atoms. The number of nitrogens with zero attached hydrogens (tertiary/aromatic N) is 1. The quantitative estimate of drug-likeness (QED) is 0.653. The molecule has 0 aliphatic rings. The van der Waals surface area contributed by atoms with Crippen molar-refractivity contribution in [1.82, 2.24) is 4.98 Å². The second-order valence-corrected chi connectivity index (χ2v) is 2.90. The summed E-state index contributed by atoms with van der Waals surface area (Å²) in [6, 6.07) is 1.96. The molecule has 0 N–H and O–H groups in total. The molecule has 0 radical (unpaired) electrons. The van der Waals surface area contributed by atoms with E-state index in [0.717, 1.165) is 16.8 Å². The zero-order chi connectivity index (χ0) is 8.27. The van der Waals surface area contributed by atoms with E-state index < -0.39 is 0 Å². The first-order valence-electron chi connectivity index (χ1n) is 3.34. The Morgan fingerprint density at radius 1 is 1.27 bits per heavy atom. The van der Waals surface area contributed by atoms with E-state index in [-0.39, 0.29) is 0 Å². The lowest BCUT2D eigenvalue weighted by molar-refractivity contribution is 1.12. The van der Waals surface area contributed by atoms with Crippen LogP contribution in [0.4, 0.5) is 0 Å². The van der Waals surface area contributed by atoms with Gasteiger partial charge in [0.25, 0.3) is 0 Å². The Morgan fingerprint density at radius 2 is 1.91 bits per heavy atom. The van der Waals surface area contributed by atoms with Gasteiger partial charge in [0.2, 0.25) is 0 Å². The summed E-state index contributed by atoms with van der Waals surface area (Å²) in [5, 5.41) is 0. The highest BCUT2D eigenvalue weighted by molar-refractivity contribution is 6.18. The Morgan fingerprint density at radius 3 is 2.45 bits per heavy atom. The van der Waals surface area contributed by atoms with Gasteiger partial charge < -0.3 is 0 Å². The summed E-state index contributed by atoms with van der Waals surface area (Å²) in [6.07, 6.45) is 1.78. The number of hydrogen-bond donors (Lipinski definition) is 0. The van der Waals surface area contributed by atoms with Crippen LogP contribution >= 0.6 is 23.2 Å². The number of aromatic nitrogens is 1. The van der Waals surface area contributed by atoms with Gasteiger partial charge in [-0.25, -0.2) is 0 Å². The van der Waals surface area contributed by atoms with Crippen LogP contribution in [0, 0.1) is 6.92 Å². The van der Waals surface area contributed by atoms with Crippen LogP contribution in [0.5, 0.6) is 0 Å². The number of halogens is 2. The minimum atomic E-state index is 0.481. The molecule has 0 aliphatic heterocycles. The van der Waals surface area contributed by atoms with E-state index in [1.54, 1.807) is 6.20 Å². The van der Waals surface area contributed by atoms with Crippen molar-refractivity contribution in [2.45, 2.75) is 18.7 Å². The van der Waals surface area contributed by atoms with E-state index in [0.29, 0.717) is 11.8 Å². The van der Waals surface area contributed by atoms with Gasteiger partial charge in [-0.2, -0.15) is 0 Å². The van der Waals surface area contributed by atoms with E-state index >= 15 is 0 Å². The number of aryl methyl sites for hydroxylation is 1. The molecule has 1 nitrogen and oxygen atoms in total. The van der Waals surface area contributed by atoms with Crippen LogP contribution in [0.3, 0.4) is 0 Å². The lowest BCUT2D eigenvalue weighted by atomic mass is 10.1. The van der Waals surface area contributed by atoms with Gasteiger partial charge in [-0.1, -0.05) is 0 Å². The molecule has 1 aromatic rings. The number of alkyl halides is 2. The molecular formula is C8H9Cl2N. The summed E-state index contributed by atoms with van der Waals surface area (Å²) in [5.41, 5.74) is 3.08. The summed E-state index contributed by atoms with van der Waals surface area (Å²) in [5.74, 6) is 0.987. The minimum absolute atomic E-state index is 0.481. The SMILES string of the molecule is Cc1cc(CCl)c(CCl)cn1. The average molecular weight is 190 g/mol. The fourth-order valence-corrected chi connectivity index (χ4v) is 1.38. The number of rotatable bonds is 2. The largest absolute Gasteiger partial charge is 0.261 e. The molecule has 0 aromatic carbocycles. The lowest BCUT2D eigenvalue weighted by Crippen LogP contribution is -1.91. The van der Waals surface area contributed by atoms with Gasteiger partial charge >= 0.3 is 0 Å². The third kappa shape index (κ3) is 2.08. The van der Waals surface area contributed by atoms with Gasteiger partial charge in [-0.05, 0) is 24.1 Å². The molecule has 0 fully saturated rings. The van der Waals surface area contributed by atoms with Crippen molar-refractivity contribution in [3.63, 3.8) is 0 Å². The normalized spacial score (nSPS) is 10.1. The summed E-state index contributed by atoms with van der Waals surface area (Å²) >= 11 is 11.4. The molecule has 1 aromatic heterocycles. The molecule has 1 rings (SSSR count). The molecule has 0 atom stereocenters. The molecule has 0 unspecified atom stereocenters. The predicted molar refractivity (Wildman–Crippen MR) is 48.1 cm³/mol. The summed E-state index contributed by atoms with van der Waals surface area (Å²) < 4.78 is 0. The van der Waals surface area contributed by atoms with Gasteiger partial charge in [0.15, 0.2) is 0 Å². The van der Waals surface area contributed by atoms with Gasteiger partial charge in [-0.3, -0.25) is 4.98 Å². The summed E-state index contributed by atoms with van der Waals surface area (Å²) in [4.78, 5) is 4.12. The van der Waals surface area contributed by atoms with E-state index in [4.69, 9.17) is 23.2 Å². The molecule has 0 aliphatic carbocycles. The Balaban J connectivity index is 3.06. The second-order valence-electron chi connectivity index (χ2n) is 2.36. The Bertz CT molecular complexity index is 248. The Labute approximate surface area is 76.4 Å². The second kappa shape index (κ2) is 3.93. The van der Waals surface area contributed by atoms with Crippen molar-refractivity contribution in [3.8, 4) is 0 Å². The minimum Gasteiger partial charge on any atom is -0.261 e. The standard InChI is InChI=1S/C8H9Cl2N/c1-6-2-7(3-9)8(4-10)5-11-6/h2,5H,3-4H2,1H3. The molecule has 60 valence electrons. The predicted octanol–water partition coefficient (Wildman–Crippen LogP) is 2.87. The van der Waals surface area contributed by atoms with Crippen LogP contribution in [-0.2, 0) is 11.8 Å². The molecule has 1 heterocycles. The van der Waals surface area contributed by atoms with Crippen molar-refractivity contribution in [2.75, 3.05) is 0 Å². The van der Waals surface area contributed by atoms with Gasteiger partial charge in [0, 0.05) is 23.7 Å². The number of hydrogen-bond acceptors (Lipinski definition) is 1. The van der Waals surface area contributed by atoms with Crippen LogP contribution in [0.2, 0.25) is 0 Å². The maximum Gasteiger partial charge on any atom is 0.0492 e.